The molecule has 138 valence electrons. The van der Waals surface area contributed by atoms with E-state index in [1.165, 1.54) is 0 Å². The molecule has 2 aromatic carbocycles. The van der Waals surface area contributed by atoms with Crippen molar-refractivity contribution in [3.8, 4) is 11.5 Å². The second-order valence-corrected chi connectivity index (χ2v) is 6.64. The molecule has 0 aromatic heterocycles. The highest BCUT2D eigenvalue weighted by atomic mass is 16.5. The molecule has 1 heterocycles. The summed E-state index contributed by atoms with van der Waals surface area (Å²) in [6.07, 6.45) is 0.0378. The minimum Gasteiger partial charge on any atom is -0.497 e. The van der Waals surface area contributed by atoms with Crippen LogP contribution in [0.15, 0.2) is 48.5 Å². The maximum atomic E-state index is 12.9. The van der Waals surface area contributed by atoms with Crippen molar-refractivity contribution in [2.24, 2.45) is 0 Å². The van der Waals surface area contributed by atoms with E-state index >= 15 is 0 Å². The van der Waals surface area contributed by atoms with Gasteiger partial charge in [0.25, 0.3) is 5.91 Å². The quantitative estimate of drug-likeness (QED) is 0.825. The van der Waals surface area contributed by atoms with Crippen LogP contribution in [0.5, 0.6) is 11.5 Å². The lowest BCUT2D eigenvalue weighted by Gasteiger charge is -2.36. The summed E-state index contributed by atoms with van der Waals surface area (Å²) in [6, 6.07) is 15.5. The number of nitrogens with zero attached hydrogens (tertiary/aromatic N) is 2. The summed E-state index contributed by atoms with van der Waals surface area (Å²) in [5.41, 5.74) is 1.79. The van der Waals surface area contributed by atoms with Crippen molar-refractivity contribution in [2.45, 2.75) is 20.0 Å². The zero-order valence-corrected chi connectivity index (χ0v) is 15.6. The van der Waals surface area contributed by atoms with Crippen LogP contribution >= 0.6 is 0 Å². The van der Waals surface area contributed by atoms with Crippen molar-refractivity contribution >= 4 is 11.6 Å². The van der Waals surface area contributed by atoms with Crippen LogP contribution in [-0.4, -0.2) is 50.2 Å². The Labute approximate surface area is 155 Å². The predicted octanol–water partition coefficient (Wildman–Crippen LogP) is 3.44. The fourth-order valence-corrected chi connectivity index (χ4v) is 3.13. The predicted molar refractivity (Wildman–Crippen MR) is 103 cm³/mol. The first-order chi connectivity index (χ1) is 12.6. The number of piperazine rings is 1. The standard InChI is InChI=1S/C21H26N2O3/c1-16(2)26-20-7-5-4-6-19(20)21(24)23-14-12-22(13-15-23)17-8-10-18(25-3)11-9-17/h4-11,16H,12-15H2,1-3H3. The Bertz CT molecular complexity index is 735. The number of rotatable bonds is 5. The highest BCUT2D eigenvalue weighted by Gasteiger charge is 2.24. The summed E-state index contributed by atoms with van der Waals surface area (Å²) in [6.45, 7) is 6.95. The maximum Gasteiger partial charge on any atom is 0.257 e. The van der Waals surface area contributed by atoms with E-state index in [-0.39, 0.29) is 12.0 Å². The maximum absolute atomic E-state index is 12.9. The number of methoxy groups -OCH3 is 1. The van der Waals surface area contributed by atoms with E-state index in [2.05, 4.69) is 17.0 Å². The van der Waals surface area contributed by atoms with Crippen molar-refractivity contribution in [3.63, 3.8) is 0 Å². The van der Waals surface area contributed by atoms with Crippen LogP contribution in [0.3, 0.4) is 0 Å². The molecule has 1 saturated heterocycles. The summed E-state index contributed by atoms with van der Waals surface area (Å²) >= 11 is 0. The van der Waals surface area contributed by atoms with Gasteiger partial charge in [0.05, 0.1) is 18.8 Å². The van der Waals surface area contributed by atoms with E-state index in [9.17, 15) is 4.79 Å². The second kappa shape index (κ2) is 8.13. The molecule has 0 unspecified atom stereocenters. The number of hydrogen-bond acceptors (Lipinski definition) is 4. The normalized spacial score (nSPS) is 14.5. The van der Waals surface area contributed by atoms with Gasteiger partial charge in [0.2, 0.25) is 0 Å². The third kappa shape index (κ3) is 4.10. The average Bonchev–Trinajstić information content (AvgIpc) is 2.68. The van der Waals surface area contributed by atoms with Gasteiger partial charge in [-0.3, -0.25) is 4.79 Å². The zero-order chi connectivity index (χ0) is 18.5. The number of benzene rings is 2. The van der Waals surface area contributed by atoms with Crippen molar-refractivity contribution in [1.29, 1.82) is 0 Å². The van der Waals surface area contributed by atoms with Crippen LogP contribution in [0.2, 0.25) is 0 Å². The minimum atomic E-state index is 0.0376. The number of carbonyl (C=O) groups is 1. The van der Waals surface area contributed by atoms with Crippen LogP contribution in [0, 0.1) is 0 Å². The van der Waals surface area contributed by atoms with Gasteiger partial charge in [-0.05, 0) is 50.2 Å². The molecular formula is C21H26N2O3. The lowest BCUT2D eigenvalue weighted by Crippen LogP contribution is -2.48. The number of ether oxygens (including phenoxy) is 2. The Balaban J connectivity index is 1.65. The SMILES string of the molecule is COc1ccc(N2CCN(C(=O)c3ccccc3OC(C)C)CC2)cc1. The summed E-state index contributed by atoms with van der Waals surface area (Å²) in [5, 5.41) is 0. The molecule has 1 fully saturated rings. The molecule has 1 amide bonds. The van der Waals surface area contributed by atoms with Gasteiger partial charge >= 0.3 is 0 Å². The number of para-hydroxylation sites is 1. The van der Waals surface area contributed by atoms with Gasteiger partial charge in [-0.1, -0.05) is 12.1 Å². The molecule has 1 aliphatic heterocycles. The molecule has 5 nitrogen and oxygen atoms in total. The molecule has 0 spiro atoms. The number of anilines is 1. The topological polar surface area (TPSA) is 42.0 Å². The van der Waals surface area contributed by atoms with Crippen molar-refractivity contribution in [1.82, 2.24) is 4.90 Å². The van der Waals surface area contributed by atoms with E-state index in [1.54, 1.807) is 7.11 Å². The van der Waals surface area contributed by atoms with Crippen LogP contribution in [0.1, 0.15) is 24.2 Å². The van der Waals surface area contributed by atoms with E-state index < -0.39 is 0 Å². The van der Waals surface area contributed by atoms with Gasteiger partial charge in [-0.2, -0.15) is 0 Å². The van der Waals surface area contributed by atoms with Crippen molar-refractivity contribution in [2.75, 3.05) is 38.2 Å². The monoisotopic (exact) mass is 354 g/mol. The molecule has 2 aromatic rings. The minimum absolute atomic E-state index is 0.0376. The van der Waals surface area contributed by atoms with Gasteiger partial charge in [0.1, 0.15) is 11.5 Å². The smallest absolute Gasteiger partial charge is 0.257 e. The van der Waals surface area contributed by atoms with Crippen LogP contribution in [0.4, 0.5) is 5.69 Å². The van der Waals surface area contributed by atoms with Crippen LogP contribution < -0.4 is 14.4 Å². The zero-order valence-electron chi connectivity index (χ0n) is 15.6. The van der Waals surface area contributed by atoms with Gasteiger partial charge in [0.15, 0.2) is 0 Å². The molecule has 3 rings (SSSR count). The number of hydrogen-bond donors (Lipinski definition) is 0. The first kappa shape index (κ1) is 18.1. The van der Waals surface area contributed by atoms with E-state index in [4.69, 9.17) is 9.47 Å². The molecule has 0 saturated carbocycles. The van der Waals surface area contributed by atoms with E-state index in [0.717, 1.165) is 24.5 Å². The van der Waals surface area contributed by atoms with Gasteiger partial charge in [-0.25, -0.2) is 0 Å². The van der Waals surface area contributed by atoms with Gasteiger partial charge < -0.3 is 19.3 Å². The Morgan fingerprint density at radius 3 is 2.23 bits per heavy atom. The summed E-state index contributed by atoms with van der Waals surface area (Å²) < 4.78 is 11.0. The largest absolute Gasteiger partial charge is 0.497 e. The molecule has 26 heavy (non-hydrogen) atoms. The molecule has 0 N–H and O–H groups in total. The second-order valence-electron chi connectivity index (χ2n) is 6.64. The Kier molecular flexibility index (Phi) is 5.66. The highest BCUT2D eigenvalue weighted by molar-refractivity contribution is 5.97. The van der Waals surface area contributed by atoms with Crippen LogP contribution in [0.25, 0.3) is 0 Å². The Morgan fingerprint density at radius 2 is 1.62 bits per heavy atom. The van der Waals surface area contributed by atoms with E-state index in [0.29, 0.717) is 24.4 Å². The molecule has 0 aliphatic carbocycles. The molecule has 5 heteroatoms. The molecule has 0 atom stereocenters. The summed E-state index contributed by atoms with van der Waals surface area (Å²) in [7, 11) is 1.67. The van der Waals surface area contributed by atoms with Crippen LogP contribution in [-0.2, 0) is 0 Å². The molecule has 1 aliphatic rings. The van der Waals surface area contributed by atoms with Crippen molar-refractivity contribution < 1.29 is 14.3 Å². The average molecular weight is 354 g/mol. The lowest BCUT2D eigenvalue weighted by atomic mass is 10.1. The fraction of sp³-hybridized carbons (Fsp3) is 0.381. The lowest BCUT2D eigenvalue weighted by molar-refractivity contribution is 0.0740. The first-order valence-corrected chi connectivity index (χ1v) is 9.02. The molecular weight excluding hydrogens is 328 g/mol. The molecule has 0 radical (unpaired) electrons. The van der Waals surface area contributed by atoms with Gasteiger partial charge in [0, 0.05) is 31.9 Å². The highest BCUT2D eigenvalue weighted by Crippen LogP contribution is 2.24. The van der Waals surface area contributed by atoms with Gasteiger partial charge in [-0.15, -0.1) is 0 Å². The third-order valence-electron chi connectivity index (χ3n) is 4.48. The van der Waals surface area contributed by atoms with Crippen molar-refractivity contribution in [3.05, 3.63) is 54.1 Å². The third-order valence-corrected chi connectivity index (χ3v) is 4.48. The Hall–Kier alpha value is -2.69. The number of carbonyl (C=O) groups excluding carboxylic acids is 1. The number of amides is 1. The first-order valence-electron chi connectivity index (χ1n) is 9.02. The molecule has 0 bridgehead atoms. The fourth-order valence-electron chi connectivity index (χ4n) is 3.13. The summed E-state index contributed by atoms with van der Waals surface area (Å²) in [4.78, 5) is 17.1. The summed E-state index contributed by atoms with van der Waals surface area (Å²) in [5.74, 6) is 1.55. The Morgan fingerprint density at radius 1 is 0.962 bits per heavy atom. The van der Waals surface area contributed by atoms with E-state index in [1.807, 2.05) is 55.1 Å².